The normalized spacial score (nSPS) is 17.1. The second-order valence-corrected chi connectivity index (χ2v) is 5.23. The molecule has 1 unspecified atom stereocenters. The summed E-state index contributed by atoms with van der Waals surface area (Å²) in [4.78, 5) is 14.1. The van der Waals surface area contributed by atoms with Gasteiger partial charge in [0.05, 0.1) is 24.2 Å². The van der Waals surface area contributed by atoms with Crippen molar-refractivity contribution in [3.8, 4) is 0 Å². The maximum Gasteiger partial charge on any atom is 0.227 e. The first-order chi connectivity index (χ1) is 9.61. The van der Waals surface area contributed by atoms with Crippen LogP contribution in [0.5, 0.6) is 0 Å². The van der Waals surface area contributed by atoms with Gasteiger partial charge in [-0.05, 0) is 24.1 Å². The van der Waals surface area contributed by atoms with Crippen LogP contribution in [0.25, 0.3) is 0 Å². The van der Waals surface area contributed by atoms with Gasteiger partial charge in [0.2, 0.25) is 5.91 Å². The van der Waals surface area contributed by atoms with Gasteiger partial charge in [-0.3, -0.25) is 4.79 Å². The summed E-state index contributed by atoms with van der Waals surface area (Å²) < 4.78 is 18.3. The van der Waals surface area contributed by atoms with Crippen molar-refractivity contribution in [2.24, 2.45) is 11.7 Å². The van der Waals surface area contributed by atoms with Gasteiger partial charge < -0.3 is 15.4 Å². The number of morpholine rings is 1. The topological polar surface area (TPSA) is 55.6 Å². The molecule has 2 rings (SSSR count). The van der Waals surface area contributed by atoms with Gasteiger partial charge in [0.25, 0.3) is 0 Å². The number of carbonyl (C=O) groups is 1. The number of carbonyl (C=O) groups excluding carboxylic acids is 1. The summed E-state index contributed by atoms with van der Waals surface area (Å²) in [5.74, 6) is -0.745. The van der Waals surface area contributed by atoms with Crippen LogP contribution in [-0.2, 0) is 16.0 Å². The van der Waals surface area contributed by atoms with Crippen LogP contribution in [-0.4, -0.2) is 43.7 Å². The van der Waals surface area contributed by atoms with Gasteiger partial charge >= 0.3 is 0 Å². The number of rotatable bonds is 4. The van der Waals surface area contributed by atoms with Crippen LogP contribution in [0.1, 0.15) is 5.56 Å². The molecule has 110 valence electrons. The molecule has 0 bridgehead atoms. The van der Waals surface area contributed by atoms with Gasteiger partial charge in [-0.1, -0.05) is 17.7 Å². The summed E-state index contributed by atoms with van der Waals surface area (Å²) in [5.41, 5.74) is 6.52. The standard InChI is InChI=1S/C14H18ClFN2O2/c15-12-8-10(1-2-13(12)16)7-11(9-17)14(19)18-3-5-20-6-4-18/h1-2,8,11H,3-7,9,17H2. The molecule has 1 saturated heterocycles. The third-order valence-corrected chi connectivity index (χ3v) is 3.71. The molecule has 1 aliphatic rings. The molecule has 1 fully saturated rings. The molecule has 0 saturated carbocycles. The van der Waals surface area contributed by atoms with E-state index in [0.717, 1.165) is 5.56 Å². The number of nitrogens with two attached hydrogens (primary N) is 1. The number of benzene rings is 1. The number of ether oxygens (including phenoxy) is 1. The Morgan fingerprint density at radius 1 is 1.45 bits per heavy atom. The molecule has 20 heavy (non-hydrogen) atoms. The van der Waals surface area contributed by atoms with E-state index in [1.54, 1.807) is 17.0 Å². The molecule has 4 nitrogen and oxygen atoms in total. The van der Waals surface area contributed by atoms with Crippen LogP contribution >= 0.6 is 11.6 Å². The lowest BCUT2D eigenvalue weighted by Crippen LogP contribution is -2.45. The Kier molecular flexibility index (Phi) is 5.34. The van der Waals surface area contributed by atoms with Crippen molar-refractivity contribution < 1.29 is 13.9 Å². The largest absolute Gasteiger partial charge is 0.378 e. The van der Waals surface area contributed by atoms with Crippen LogP contribution in [0, 0.1) is 11.7 Å². The Morgan fingerprint density at radius 3 is 2.75 bits per heavy atom. The molecule has 2 N–H and O–H groups in total. The predicted octanol–water partition coefficient (Wildman–Crippen LogP) is 1.46. The third kappa shape index (κ3) is 3.69. The highest BCUT2D eigenvalue weighted by molar-refractivity contribution is 6.30. The van der Waals surface area contributed by atoms with Crippen LogP contribution < -0.4 is 5.73 Å². The number of hydrogen-bond acceptors (Lipinski definition) is 3. The highest BCUT2D eigenvalue weighted by Crippen LogP contribution is 2.19. The molecule has 1 amide bonds. The molecular weight excluding hydrogens is 283 g/mol. The molecule has 1 heterocycles. The van der Waals surface area contributed by atoms with Crippen molar-refractivity contribution in [1.29, 1.82) is 0 Å². The van der Waals surface area contributed by atoms with E-state index in [4.69, 9.17) is 22.1 Å². The molecule has 6 heteroatoms. The number of nitrogens with zero attached hydrogens (tertiary/aromatic N) is 1. The minimum atomic E-state index is -0.459. The second-order valence-electron chi connectivity index (χ2n) is 4.82. The smallest absolute Gasteiger partial charge is 0.227 e. The van der Waals surface area contributed by atoms with Gasteiger partial charge in [0, 0.05) is 19.6 Å². The minimum Gasteiger partial charge on any atom is -0.378 e. The molecule has 0 aliphatic carbocycles. The first kappa shape index (κ1) is 15.2. The summed E-state index contributed by atoms with van der Waals surface area (Å²) >= 11 is 5.75. The van der Waals surface area contributed by atoms with Gasteiger partial charge in [0.15, 0.2) is 0 Å². The van der Waals surface area contributed by atoms with E-state index in [0.29, 0.717) is 32.7 Å². The molecule has 0 aromatic heterocycles. The van der Waals surface area contributed by atoms with Crippen molar-refractivity contribution in [2.45, 2.75) is 6.42 Å². The molecule has 1 aromatic rings. The highest BCUT2D eigenvalue weighted by Gasteiger charge is 2.25. The second kappa shape index (κ2) is 7.02. The fourth-order valence-corrected chi connectivity index (χ4v) is 2.47. The molecule has 0 spiro atoms. The van der Waals surface area contributed by atoms with Gasteiger partial charge in [-0.25, -0.2) is 4.39 Å². The summed E-state index contributed by atoms with van der Waals surface area (Å²) in [7, 11) is 0. The lowest BCUT2D eigenvalue weighted by Gasteiger charge is -2.30. The van der Waals surface area contributed by atoms with E-state index < -0.39 is 5.82 Å². The van der Waals surface area contributed by atoms with Crippen LogP contribution in [0.3, 0.4) is 0 Å². The molecule has 1 aliphatic heterocycles. The zero-order valence-corrected chi connectivity index (χ0v) is 11.9. The first-order valence-electron chi connectivity index (χ1n) is 6.62. The predicted molar refractivity (Wildman–Crippen MR) is 75.1 cm³/mol. The minimum absolute atomic E-state index is 0.0243. The third-order valence-electron chi connectivity index (χ3n) is 3.42. The zero-order chi connectivity index (χ0) is 14.5. The fraction of sp³-hybridized carbons (Fsp3) is 0.500. The zero-order valence-electron chi connectivity index (χ0n) is 11.1. The first-order valence-corrected chi connectivity index (χ1v) is 7.00. The average Bonchev–Trinajstić information content (AvgIpc) is 2.48. The van der Waals surface area contributed by atoms with E-state index in [1.807, 2.05) is 0 Å². The summed E-state index contributed by atoms with van der Waals surface area (Å²) in [6.45, 7) is 2.57. The Hall–Kier alpha value is -1.17. The monoisotopic (exact) mass is 300 g/mol. The van der Waals surface area contributed by atoms with E-state index >= 15 is 0 Å². The van der Waals surface area contributed by atoms with Crippen molar-refractivity contribution >= 4 is 17.5 Å². The van der Waals surface area contributed by atoms with E-state index in [1.165, 1.54) is 6.07 Å². The summed E-state index contributed by atoms with van der Waals surface area (Å²) in [6, 6.07) is 4.49. The Balaban J connectivity index is 2.03. The highest BCUT2D eigenvalue weighted by atomic mass is 35.5. The molecule has 1 aromatic carbocycles. The van der Waals surface area contributed by atoms with Crippen LogP contribution in [0.15, 0.2) is 18.2 Å². The maximum atomic E-state index is 13.1. The van der Waals surface area contributed by atoms with Crippen molar-refractivity contribution in [2.75, 3.05) is 32.8 Å². The van der Waals surface area contributed by atoms with Crippen molar-refractivity contribution in [1.82, 2.24) is 4.90 Å². The fourth-order valence-electron chi connectivity index (χ4n) is 2.26. The lowest BCUT2D eigenvalue weighted by molar-refractivity contribution is -0.139. The van der Waals surface area contributed by atoms with E-state index in [9.17, 15) is 9.18 Å². The van der Waals surface area contributed by atoms with Crippen molar-refractivity contribution in [3.05, 3.63) is 34.6 Å². The van der Waals surface area contributed by atoms with Crippen LogP contribution in [0.2, 0.25) is 5.02 Å². The van der Waals surface area contributed by atoms with Crippen molar-refractivity contribution in [3.63, 3.8) is 0 Å². The summed E-state index contributed by atoms with van der Waals surface area (Å²) in [6.07, 6.45) is 0.465. The number of halogens is 2. The lowest BCUT2D eigenvalue weighted by atomic mass is 9.97. The number of hydrogen-bond donors (Lipinski definition) is 1. The van der Waals surface area contributed by atoms with E-state index in [2.05, 4.69) is 0 Å². The van der Waals surface area contributed by atoms with Crippen LogP contribution in [0.4, 0.5) is 4.39 Å². The van der Waals surface area contributed by atoms with Gasteiger partial charge in [-0.2, -0.15) is 0 Å². The van der Waals surface area contributed by atoms with E-state index in [-0.39, 0.29) is 23.4 Å². The average molecular weight is 301 g/mol. The SMILES string of the molecule is NCC(Cc1ccc(F)c(Cl)c1)C(=O)N1CCOCC1. The quantitative estimate of drug-likeness (QED) is 0.916. The Morgan fingerprint density at radius 2 is 2.15 bits per heavy atom. The summed E-state index contributed by atoms with van der Waals surface area (Å²) in [5, 5.41) is 0.0668. The Labute approximate surface area is 122 Å². The van der Waals surface area contributed by atoms with Gasteiger partial charge in [0.1, 0.15) is 5.82 Å². The van der Waals surface area contributed by atoms with Gasteiger partial charge in [-0.15, -0.1) is 0 Å². The molecular formula is C14H18ClFN2O2. The Bertz CT molecular complexity index is 478. The molecule has 1 atom stereocenters. The maximum absolute atomic E-state index is 13.1. The molecule has 0 radical (unpaired) electrons. The number of amides is 1.